The van der Waals surface area contributed by atoms with E-state index < -0.39 is 0 Å². The molecule has 2 N–H and O–H groups in total. The number of likely N-dealkylation sites (tertiary alicyclic amines) is 1. The second-order valence-electron chi connectivity index (χ2n) is 6.82. The fraction of sp³-hybridized carbons (Fsp3) is 0.556. The van der Waals surface area contributed by atoms with Crippen LogP contribution in [0.2, 0.25) is 0 Å². The van der Waals surface area contributed by atoms with Gasteiger partial charge in [-0.2, -0.15) is 0 Å². The number of carbonyl (C=O) groups is 2. The molecular weight excluding hydrogens is 323 g/mol. The van der Waals surface area contributed by atoms with Crippen molar-refractivity contribution in [3.63, 3.8) is 0 Å². The van der Waals surface area contributed by atoms with Crippen molar-refractivity contribution in [2.24, 2.45) is 0 Å². The van der Waals surface area contributed by atoms with E-state index in [1.807, 2.05) is 0 Å². The lowest BCUT2D eigenvalue weighted by Crippen LogP contribution is -2.49. The fourth-order valence-electron chi connectivity index (χ4n) is 3.49. The average molecular weight is 348 g/mol. The number of hydrogen-bond acceptors (Lipinski definition) is 3. The summed E-state index contributed by atoms with van der Waals surface area (Å²) < 4.78 is 13.7. The second kappa shape index (κ2) is 7.72. The average Bonchev–Trinajstić information content (AvgIpc) is 2.59. The van der Waals surface area contributed by atoms with E-state index in [0.29, 0.717) is 25.1 Å². The molecule has 0 radical (unpaired) electrons. The van der Waals surface area contributed by atoms with Crippen LogP contribution in [0.15, 0.2) is 18.2 Å². The molecular formula is C18H25FN4O2. The molecule has 0 saturated carbocycles. The lowest BCUT2D eigenvalue weighted by atomic mass is 10.1. The molecule has 1 atom stereocenters. The zero-order chi connectivity index (χ0) is 17.8. The predicted molar refractivity (Wildman–Crippen MR) is 95.3 cm³/mol. The van der Waals surface area contributed by atoms with Gasteiger partial charge >= 0.3 is 6.03 Å². The largest absolute Gasteiger partial charge is 0.370 e. The highest BCUT2D eigenvalue weighted by atomic mass is 19.1. The number of urea groups is 1. The number of anilines is 2. The molecule has 0 aliphatic carbocycles. The summed E-state index contributed by atoms with van der Waals surface area (Å²) in [5, 5.41) is 5.67. The number of benzene rings is 1. The number of nitrogens with one attached hydrogen (secondary N) is 2. The van der Waals surface area contributed by atoms with Crippen LogP contribution in [0.5, 0.6) is 0 Å². The van der Waals surface area contributed by atoms with Crippen LogP contribution >= 0.6 is 0 Å². The topological polar surface area (TPSA) is 64.7 Å². The van der Waals surface area contributed by atoms with Gasteiger partial charge in [0, 0.05) is 39.1 Å². The summed E-state index contributed by atoms with van der Waals surface area (Å²) in [7, 11) is 1.73. The first-order chi connectivity index (χ1) is 12.0. The lowest BCUT2D eigenvalue weighted by molar-refractivity contribution is -0.132. The van der Waals surface area contributed by atoms with E-state index in [0.717, 1.165) is 31.6 Å². The van der Waals surface area contributed by atoms with Gasteiger partial charge in [0.25, 0.3) is 0 Å². The Kier molecular flexibility index (Phi) is 5.40. The molecule has 25 heavy (non-hydrogen) atoms. The van der Waals surface area contributed by atoms with Crippen LogP contribution in [0, 0.1) is 5.82 Å². The lowest BCUT2D eigenvalue weighted by Gasteiger charge is -2.32. The van der Waals surface area contributed by atoms with Gasteiger partial charge in [-0.3, -0.25) is 4.79 Å². The highest BCUT2D eigenvalue weighted by molar-refractivity contribution is 5.93. The van der Waals surface area contributed by atoms with Gasteiger partial charge in [0.05, 0.1) is 11.4 Å². The maximum Gasteiger partial charge on any atom is 0.319 e. The van der Waals surface area contributed by atoms with E-state index in [1.54, 1.807) is 18.0 Å². The highest BCUT2D eigenvalue weighted by Crippen LogP contribution is 2.29. The zero-order valence-electron chi connectivity index (χ0n) is 14.6. The molecule has 6 nitrogen and oxygen atoms in total. The molecule has 3 amide bonds. The summed E-state index contributed by atoms with van der Waals surface area (Å²) in [6.45, 7) is 2.32. The second-order valence-corrected chi connectivity index (χ2v) is 6.82. The van der Waals surface area contributed by atoms with Gasteiger partial charge < -0.3 is 20.4 Å². The van der Waals surface area contributed by atoms with Gasteiger partial charge in [0.15, 0.2) is 0 Å². The van der Waals surface area contributed by atoms with Gasteiger partial charge in [0.2, 0.25) is 5.91 Å². The van der Waals surface area contributed by atoms with Crippen LogP contribution in [-0.2, 0) is 4.79 Å². The number of carbonyl (C=O) groups excluding carboxylic acids is 2. The zero-order valence-corrected chi connectivity index (χ0v) is 14.6. The van der Waals surface area contributed by atoms with E-state index in [9.17, 15) is 14.0 Å². The summed E-state index contributed by atoms with van der Waals surface area (Å²) in [6.07, 6.45) is 4.46. The molecule has 0 aromatic heterocycles. The molecule has 1 aromatic carbocycles. The number of likely N-dealkylation sites (N-methyl/N-ethyl adjacent to an activating group) is 1. The van der Waals surface area contributed by atoms with Crippen molar-refractivity contribution in [3.8, 4) is 0 Å². The minimum Gasteiger partial charge on any atom is -0.370 e. The van der Waals surface area contributed by atoms with E-state index in [2.05, 4.69) is 15.5 Å². The number of piperidine rings is 2. The number of nitrogens with zero attached hydrogens (tertiary/aromatic N) is 2. The van der Waals surface area contributed by atoms with Gasteiger partial charge in [-0.05, 0) is 43.9 Å². The van der Waals surface area contributed by atoms with Gasteiger partial charge in [-0.15, -0.1) is 0 Å². The van der Waals surface area contributed by atoms with Crippen LogP contribution < -0.4 is 15.5 Å². The summed E-state index contributed by atoms with van der Waals surface area (Å²) >= 11 is 0. The molecule has 3 rings (SSSR count). The molecule has 2 heterocycles. The highest BCUT2D eigenvalue weighted by Gasteiger charge is 2.24. The van der Waals surface area contributed by atoms with Crippen LogP contribution in [0.3, 0.4) is 0 Å². The van der Waals surface area contributed by atoms with E-state index in [1.165, 1.54) is 18.6 Å². The Labute approximate surface area is 147 Å². The van der Waals surface area contributed by atoms with Gasteiger partial charge in [0.1, 0.15) is 5.82 Å². The van der Waals surface area contributed by atoms with Crippen molar-refractivity contribution in [1.82, 2.24) is 10.2 Å². The molecule has 2 saturated heterocycles. The van der Waals surface area contributed by atoms with Gasteiger partial charge in [-0.25, -0.2) is 9.18 Å². The summed E-state index contributed by atoms with van der Waals surface area (Å²) in [5.74, 6) is -0.282. The normalized spacial score (nSPS) is 21.2. The van der Waals surface area contributed by atoms with Crippen molar-refractivity contribution in [2.45, 2.75) is 38.1 Å². The predicted octanol–water partition coefficient (Wildman–Crippen LogP) is 2.56. The number of rotatable bonds is 3. The Morgan fingerprint density at radius 2 is 2.00 bits per heavy atom. The molecule has 2 aliphatic rings. The first-order valence-electron chi connectivity index (χ1n) is 8.89. The van der Waals surface area contributed by atoms with Crippen molar-refractivity contribution in [3.05, 3.63) is 24.0 Å². The van der Waals surface area contributed by atoms with E-state index >= 15 is 0 Å². The summed E-state index contributed by atoms with van der Waals surface area (Å²) in [6, 6.07) is 4.06. The monoisotopic (exact) mass is 348 g/mol. The Balaban J connectivity index is 1.66. The first kappa shape index (κ1) is 17.5. The van der Waals surface area contributed by atoms with Crippen LogP contribution in [0.4, 0.5) is 20.6 Å². The van der Waals surface area contributed by atoms with E-state index in [-0.39, 0.29) is 23.8 Å². The summed E-state index contributed by atoms with van der Waals surface area (Å²) in [5.41, 5.74) is 1.34. The van der Waals surface area contributed by atoms with Crippen molar-refractivity contribution in [2.75, 3.05) is 36.9 Å². The Bertz CT molecular complexity index is 646. The van der Waals surface area contributed by atoms with Crippen molar-refractivity contribution < 1.29 is 14.0 Å². The Morgan fingerprint density at radius 3 is 2.72 bits per heavy atom. The SMILES string of the molecule is CN1CC(NC(=O)Nc2cc(F)ccc2N2CCCCC2)CCC1=O. The number of hydrogen-bond donors (Lipinski definition) is 2. The van der Waals surface area contributed by atoms with Crippen LogP contribution in [-0.4, -0.2) is 49.6 Å². The maximum absolute atomic E-state index is 13.7. The fourth-order valence-corrected chi connectivity index (χ4v) is 3.49. The minimum absolute atomic E-state index is 0.0882. The minimum atomic E-state index is -0.376. The molecule has 0 spiro atoms. The quantitative estimate of drug-likeness (QED) is 0.882. The molecule has 1 aromatic rings. The Hall–Kier alpha value is -2.31. The maximum atomic E-state index is 13.7. The molecule has 7 heteroatoms. The third kappa shape index (κ3) is 4.41. The number of halogens is 1. The molecule has 0 bridgehead atoms. The van der Waals surface area contributed by atoms with E-state index in [4.69, 9.17) is 0 Å². The molecule has 2 aliphatic heterocycles. The van der Waals surface area contributed by atoms with Crippen LogP contribution in [0.25, 0.3) is 0 Å². The first-order valence-corrected chi connectivity index (χ1v) is 8.89. The number of amides is 3. The van der Waals surface area contributed by atoms with Crippen molar-refractivity contribution in [1.29, 1.82) is 0 Å². The molecule has 2 fully saturated rings. The van der Waals surface area contributed by atoms with Gasteiger partial charge in [-0.1, -0.05) is 0 Å². The van der Waals surface area contributed by atoms with Crippen molar-refractivity contribution >= 4 is 23.3 Å². The molecule has 1 unspecified atom stereocenters. The standard InChI is InChI=1S/C18H25FN4O2/c1-22-12-14(6-8-17(22)24)20-18(25)21-15-11-13(19)5-7-16(15)23-9-3-2-4-10-23/h5,7,11,14H,2-4,6,8-10,12H2,1H3,(H2,20,21,25). The van der Waals surface area contributed by atoms with Crippen LogP contribution in [0.1, 0.15) is 32.1 Å². The summed E-state index contributed by atoms with van der Waals surface area (Å²) in [4.78, 5) is 27.7. The third-order valence-electron chi connectivity index (χ3n) is 4.87. The Morgan fingerprint density at radius 1 is 1.24 bits per heavy atom. The molecule has 136 valence electrons. The third-order valence-corrected chi connectivity index (χ3v) is 4.87. The smallest absolute Gasteiger partial charge is 0.319 e.